The fourth-order valence-corrected chi connectivity index (χ4v) is 1.69. The molecule has 29 heavy (non-hydrogen) atoms. The Labute approximate surface area is 150 Å². The molecule has 2 nitrogen and oxygen atoms in total. The Kier molecular flexibility index (Phi) is 5.97. The third kappa shape index (κ3) is 3.83. The highest BCUT2D eigenvalue weighted by molar-refractivity contribution is 5.13. The van der Waals surface area contributed by atoms with E-state index in [0.29, 0.717) is 0 Å². The van der Waals surface area contributed by atoms with E-state index in [1.54, 1.807) is 0 Å². The molecule has 0 aromatic carbocycles. The van der Waals surface area contributed by atoms with E-state index in [1.165, 1.54) is 0 Å². The molecular formula is C12H9F15O2. The Morgan fingerprint density at radius 2 is 1.00 bits per heavy atom. The maximum atomic E-state index is 13.4. The maximum absolute atomic E-state index is 13.4. The van der Waals surface area contributed by atoms with Crippen molar-refractivity contribution in [3.8, 4) is 0 Å². The largest absolute Gasteiger partial charge is 0.460 e. The fourth-order valence-electron chi connectivity index (χ4n) is 1.69. The highest BCUT2D eigenvalue weighted by Gasteiger charge is 2.93. The molecule has 1 aliphatic heterocycles. The summed E-state index contributed by atoms with van der Waals surface area (Å²) in [5.74, 6) is -46.5. The molecule has 17 heteroatoms. The lowest BCUT2D eigenvalue weighted by Crippen LogP contribution is -2.73. The predicted octanol–water partition coefficient (Wildman–Crippen LogP) is 5.17. The second-order valence-electron chi connectivity index (χ2n) is 6.31. The van der Waals surface area contributed by atoms with Crippen molar-refractivity contribution in [1.82, 2.24) is 0 Å². The molecule has 0 spiro atoms. The number of epoxide rings is 1. The van der Waals surface area contributed by atoms with Gasteiger partial charge in [-0.25, -0.2) is 0 Å². The van der Waals surface area contributed by atoms with Gasteiger partial charge in [-0.1, -0.05) is 0 Å². The molecule has 1 fully saturated rings. The van der Waals surface area contributed by atoms with Crippen molar-refractivity contribution in [2.24, 2.45) is 0 Å². The van der Waals surface area contributed by atoms with Gasteiger partial charge in [-0.2, -0.15) is 65.9 Å². The maximum Gasteiger partial charge on any atom is 0.460 e. The number of rotatable bonds is 9. The summed E-state index contributed by atoms with van der Waals surface area (Å²) in [6.45, 7) is -2.79. The standard InChI is InChI=1S/C12H9F15O2/c1-5(3-29-5)2-28-4-6(13,14)7(15,16)8(17,18)9(19,20)10(21,22)11(23,24)12(25,26)27/h2-4H2,1H3. The van der Waals surface area contributed by atoms with Crippen LogP contribution in [0.25, 0.3) is 0 Å². The van der Waals surface area contributed by atoms with Gasteiger partial charge in [0.1, 0.15) is 12.2 Å². The molecule has 1 heterocycles. The van der Waals surface area contributed by atoms with Gasteiger partial charge in [-0.15, -0.1) is 0 Å². The van der Waals surface area contributed by atoms with Crippen LogP contribution in [0.1, 0.15) is 6.92 Å². The number of hydrogen-bond acceptors (Lipinski definition) is 2. The number of alkyl halides is 15. The van der Waals surface area contributed by atoms with Crippen molar-refractivity contribution in [3.05, 3.63) is 0 Å². The first kappa shape index (κ1) is 25.9. The lowest BCUT2D eigenvalue weighted by molar-refractivity contribution is -0.453. The van der Waals surface area contributed by atoms with Crippen molar-refractivity contribution in [2.75, 3.05) is 19.8 Å². The Balaban J connectivity index is 3.26. The molecule has 0 amide bonds. The topological polar surface area (TPSA) is 21.8 Å². The van der Waals surface area contributed by atoms with Crippen molar-refractivity contribution in [3.63, 3.8) is 0 Å². The molecule has 0 bridgehead atoms. The smallest absolute Gasteiger partial charge is 0.372 e. The third-order valence-electron chi connectivity index (χ3n) is 3.72. The van der Waals surface area contributed by atoms with Gasteiger partial charge in [0.25, 0.3) is 0 Å². The van der Waals surface area contributed by atoms with Crippen LogP contribution in [0.3, 0.4) is 0 Å². The zero-order valence-electron chi connectivity index (χ0n) is 13.6. The summed E-state index contributed by atoms with van der Waals surface area (Å²) in [5.41, 5.74) is -1.31. The molecular weight excluding hydrogens is 461 g/mol. The third-order valence-corrected chi connectivity index (χ3v) is 3.72. The average Bonchev–Trinajstić information content (AvgIpc) is 3.22. The number of halogens is 15. The average molecular weight is 470 g/mol. The quantitative estimate of drug-likeness (QED) is 0.343. The Morgan fingerprint density at radius 3 is 1.34 bits per heavy atom. The second kappa shape index (κ2) is 6.68. The van der Waals surface area contributed by atoms with E-state index >= 15 is 0 Å². The Morgan fingerprint density at radius 1 is 0.655 bits per heavy atom. The number of hydrogen-bond donors (Lipinski definition) is 0. The lowest BCUT2D eigenvalue weighted by atomic mass is 9.91. The van der Waals surface area contributed by atoms with Crippen LogP contribution < -0.4 is 0 Å². The van der Waals surface area contributed by atoms with Crippen molar-refractivity contribution in [1.29, 1.82) is 0 Å². The molecule has 1 atom stereocenters. The van der Waals surface area contributed by atoms with Crippen LogP contribution in [0, 0.1) is 0 Å². The molecule has 0 saturated carbocycles. The SMILES string of the molecule is CC1(COCC(F)(F)C(F)(F)C(F)(F)C(F)(F)C(F)(F)C(F)(F)C(F)(F)F)CO1. The van der Waals surface area contributed by atoms with Crippen LogP contribution in [-0.4, -0.2) is 67.1 Å². The van der Waals surface area contributed by atoms with Crippen LogP contribution in [0.4, 0.5) is 65.9 Å². The van der Waals surface area contributed by atoms with E-state index in [0.717, 1.165) is 6.92 Å². The van der Waals surface area contributed by atoms with Gasteiger partial charge in [0.2, 0.25) is 0 Å². The predicted molar refractivity (Wildman–Crippen MR) is 60.9 cm³/mol. The zero-order chi connectivity index (χ0) is 23.5. The van der Waals surface area contributed by atoms with Gasteiger partial charge < -0.3 is 9.47 Å². The van der Waals surface area contributed by atoms with E-state index < -0.39 is 60.5 Å². The van der Waals surface area contributed by atoms with Gasteiger partial charge in [0.05, 0.1) is 13.2 Å². The van der Waals surface area contributed by atoms with E-state index in [2.05, 4.69) is 9.47 Å². The minimum atomic E-state index is -8.28. The second-order valence-corrected chi connectivity index (χ2v) is 6.31. The van der Waals surface area contributed by atoms with Crippen LogP contribution in [-0.2, 0) is 9.47 Å². The normalized spacial score (nSPS) is 22.8. The molecule has 1 saturated heterocycles. The summed E-state index contributed by atoms with van der Waals surface area (Å²) in [7, 11) is 0. The van der Waals surface area contributed by atoms with E-state index in [1.807, 2.05) is 0 Å². The van der Waals surface area contributed by atoms with E-state index in [9.17, 15) is 65.9 Å². The van der Waals surface area contributed by atoms with Crippen molar-refractivity contribution < 1.29 is 75.3 Å². The molecule has 1 aliphatic rings. The number of ether oxygens (including phenoxy) is 2. The summed E-state index contributed by atoms with van der Waals surface area (Å²) in [6, 6.07) is 0. The minimum Gasteiger partial charge on any atom is -0.372 e. The summed E-state index contributed by atoms with van der Waals surface area (Å²) in [6.07, 6.45) is -7.61. The van der Waals surface area contributed by atoms with Crippen LogP contribution in [0.2, 0.25) is 0 Å². The summed E-state index contributed by atoms with van der Waals surface area (Å²) >= 11 is 0. The summed E-state index contributed by atoms with van der Waals surface area (Å²) in [5, 5.41) is 0. The van der Waals surface area contributed by atoms with Gasteiger partial charge in [0.15, 0.2) is 0 Å². The molecule has 0 aromatic rings. The molecule has 1 unspecified atom stereocenters. The van der Waals surface area contributed by atoms with Gasteiger partial charge in [0, 0.05) is 0 Å². The highest BCUT2D eigenvalue weighted by atomic mass is 19.4. The molecule has 0 N–H and O–H groups in total. The van der Waals surface area contributed by atoms with E-state index in [-0.39, 0.29) is 6.61 Å². The monoisotopic (exact) mass is 470 g/mol. The Bertz CT molecular complexity index is 605. The van der Waals surface area contributed by atoms with Crippen LogP contribution in [0.15, 0.2) is 0 Å². The lowest BCUT2D eigenvalue weighted by Gasteiger charge is -2.41. The fraction of sp³-hybridized carbons (Fsp3) is 1.00. The first-order valence-electron chi connectivity index (χ1n) is 6.97. The van der Waals surface area contributed by atoms with E-state index in [4.69, 9.17) is 0 Å². The van der Waals surface area contributed by atoms with Crippen molar-refractivity contribution in [2.45, 2.75) is 54.2 Å². The summed E-state index contributed by atoms with van der Waals surface area (Å²) in [4.78, 5) is 0. The molecule has 1 rings (SSSR count). The molecule has 0 radical (unpaired) electrons. The molecule has 0 aromatic heterocycles. The zero-order valence-corrected chi connectivity index (χ0v) is 13.6. The molecule has 174 valence electrons. The first-order valence-corrected chi connectivity index (χ1v) is 6.97. The minimum absolute atomic E-state index is 0.165. The van der Waals surface area contributed by atoms with Crippen LogP contribution in [0.5, 0.6) is 0 Å². The highest BCUT2D eigenvalue weighted by Crippen LogP contribution is 2.62. The van der Waals surface area contributed by atoms with Crippen molar-refractivity contribution >= 4 is 0 Å². The molecule has 0 aliphatic carbocycles. The summed E-state index contributed by atoms with van der Waals surface area (Å²) < 4.78 is 202. The van der Waals surface area contributed by atoms with Crippen LogP contribution >= 0.6 is 0 Å². The van der Waals surface area contributed by atoms with Gasteiger partial charge >= 0.3 is 41.7 Å². The Hall–Kier alpha value is -1.13. The van der Waals surface area contributed by atoms with Gasteiger partial charge in [-0.3, -0.25) is 0 Å². The van der Waals surface area contributed by atoms with Gasteiger partial charge in [-0.05, 0) is 6.92 Å². The first-order chi connectivity index (χ1) is 12.4.